The number of urea groups is 1. The molecule has 4 nitrogen and oxygen atoms in total. The van der Waals surface area contributed by atoms with Crippen LogP contribution in [0.4, 0.5) is 10.5 Å². The largest absolute Gasteiger partial charge is 0.380 e. The summed E-state index contributed by atoms with van der Waals surface area (Å²) in [6.07, 6.45) is 0. The molecule has 0 saturated carbocycles. The van der Waals surface area contributed by atoms with Crippen LogP contribution in [0, 0.1) is 0 Å². The summed E-state index contributed by atoms with van der Waals surface area (Å²) in [5.74, 6) is 0. The second-order valence-electron chi connectivity index (χ2n) is 3.45. The van der Waals surface area contributed by atoms with Crippen LogP contribution in [0.5, 0.6) is 0 Å². The Balaban J connectivity index is 2.29. The fourth-order valence-corrected chi connectivity index (χ4v) is 1.75. The number of nitrogens with zero attached hydrogens (tertiary/aromatic N) is 1. The molecule has 1 aromatic carbocycles. The Kier molecular flexibility index (Phi) is 2.87. The van der Waals surface area contributed by atoms with Gasteiger partial charge in [0.1, 0.15) is 0 Å². The van der Waals surface area contributed by atoms with Crippen LogP contribution in [0.3, 0.4) is 0 Å². The highest BCUT2D eigenvalue weighted by molar-refractivity contribution is 5.94. The molecule has 0 bridgehead atoms. The van der Waals surface area contributed by atoms with E-state index in [4.69, 9.17) is 4.74 Å². The van der Waals surface area contributed by atoms with Crippen LogP contribution in [-0.4, -0.2) is 26.2 Å². The van der Waals surface area contributed by atoms with E-state index in [9.17, 15) is 4.79 Å². The van der Waals surface area contributed by atoms with E-state index in [1.807, 2.05) is 24.3 Å². The number of rotatable bonds is 3. The predicted molar refractivity (Wildman–Crippen MR) is 57.9 cm³/mol. The van der Waals surface area contributed by atoms with Crippen molar-refractivity contribution in [3.8, 4) is 0 Å². The second-order valence-corrected chi connectivity index (χ2v) is 3.45. The summed E-state index contributed by atoms with van der Waals surface area (Å²) in [5.41, 5.74) is 1.98. The number of hydrogen-bond acceptors (Lipinski definition) is 2. The lowest BCUT2D eigenvalue weighted by Gasteiger charge is -2.17. The molecule has 0 unspecified atom stereocenters. The number of amides is 2. The number of benzene rings is 1. The number of ether oxygens (including phenoxy) is 1. The Morgan fingerprint density at radius 2 is 2.27 bits per heavy atom. The van der Waals surface area contributed by atoms with Crippen molar-refractivity contribution >= 4 is 11.7 Å². The molecule has 2 amide bonds. The van der Waals surface area contributed by atoms with Crippen LogP contribution in [0.1, 0.15) is 5.56 Å². The molecule has 4 heteroatoms. The Bertz CT molecular complexity index is 365. The monoisotopic (exact) mass is 206 g/mol. The van der Waals surface area contributed by atoms with Gasteiger partial charge in [-0.15, -0.1) is 0 Å². The third-order valence-electron chi connectivity index (χ3n) is 2.44. The number of anilines is 1. The molecule has 1 aromatic rings. The van der Waals surface area contributed by atoms with Gasteiger partial charge in [-0.05, 0) is 6.07 Å². The van der Waals surface area contributed by atoms with Crippen LogP contribution in [0.2, 0.25) is 0 Å². The summed E-state index contributed by atoms with van der Waals surface area (Å²) in [7, 11) is 1.65. The van der Waals surface area contributed by atoms with Crippen molar-refractivity contribution in [1.82, 2.24) is 5.32 Å². The first-order valence-corrected chi connectivity index (χ1v) is 4.95. The van der Waals surface area contributed by atoms with Gasteiger partial charge in [-0.3, -0.25) is 4.90 Å². The van der Waals surface area contributed by atoms with E-state index >= 15 is 0 Å². The first-order valence-electron chi connectivity index (χ1n) is 4.95. The molecule has 0 aliphatic carbocycles. The molecule has 80 valence electrons. The van der Waals surface area contributed by atoms with Crippen LogP contribution >= 0.6 is 0 Å². The van der Waals surface area contributed by atoms with Crippen LogP contribution in [-0.2, 0) is 11.3 Å². The van der Waals surface area contributed by atoms with Crippen molar-refractivity contribution in [3.05, 3.63) is 29.8 Å². The maximum atomic E-state index is 11.5. The van der Waals surface area contributed by atoms with Gasteiger partial charge in [-0.2, -0.15) is 0 Å². The molecule has 15 heavy (non-hydrogen) atoms. The average molecular weight is 206 g/mol. The Labute approximate surface area is 88.8 Å². The van der Waals surface area contributed by atoms with E-state index in [2.05, 4.69) is 5.32 Å². The highest BCUT2D eigenvalue weighted by Gasteiger charge is 2.22. The maximum Gasteiger partial charge on any atom is 0.322 e. The molecule has 1 saturated heterocycles. The van der Waals surface area contributed by atoms with Gasteiger partial charge in [-0.1, -0.05) is 18.2 Å². The molecule has 1 heterocycles. The molecule has 1 N–H and O–H groups in total. The first kappa shape index (κ1) is 9.98. The van der Waals surface area contributed by atoms with Gasteiger partial charge in [0, 0.05) is 25.8 Å². The zero-order chi connectivity index (χ0) is 10.7. The van der Waals surface area contributed by atoms with E-state index in [1.54, 1.807) is 12.0 Å². The van der Waals surface area contributed by atoms with Crippen LogP contribution in [0.15, 0.2) is 24.3 Å². The molecule has 1 aliphatic rings. The van der Waals surface area contributed by atoms with Gasteiger partial charge in [0.15, 0.2) is 0 Å². The van der Waals surface area contributed by atoms with Gasteiger partial charge in [0.2, 0.25) is 0 Å². The summed E-state index contributed by atoms with van der Waals surface area (Å²) in [4.78, 5) is 13.2. The van der Waals surface area contributed by atoms with Gasteiger partial charge < -0.3 is 10.1 Å². The van der Waals surface area contributed by atoms with E-state index in [-0.39, 0.29) is 6.03 Å². The minimum atomic E-state index is -0.0291. The number of methoxy groups -OCH3 is 1. The third-order valence-corrected chi connectivity index (χ3v) is 2.44. The first-order chi connectivity index (χ1) is 7.33. The van der Waals surface area contributed by atoms with Gasteiger partial charge in [-0.25, -0.2) is 4.79 Å². The lowest BCUT2D eigenvalue weighted by molar-refractivity contribution is 0.185. The number of hydrogen-bond donors (Lipinski definition) is 1. The quantitative estimate of drug-likeness (QED) is 0.811. The summed E-state index contributed by atoms with van der Waals surface area (Å²) < 4.78 is 5.10. The SMILES string of the molecule is COCc1ccccc1N1CCNC1=O. The molecular weight excluding hydrogens is 192 g/mol. The van der Waals surface area contributed by atoms with Crippen molar-refractivity contribution in [3.63, 3.8) is 0 Å². The fraction of sp³-hybridized carbons (Fsp3) is 0.364. The zero-order valence-corrected chi connectivity index (χ0v) is 8.69. The standard InChI is InChI=1S/C11H14N2O2/c1-15-8-9-4-2-3-5-10(9)13-7-6-12-11(13)14/h2-5H,6-8H2,1H3,(H,12,14). The summed E-state index contributed by atoms with van der Waals surface area (Å²) in [6, 6.07) is 7.77. The molecule has 0 aromatic heterocycles. The molecule has 2 rings (SSSR count). The minimum Gasteiger partial charge on any atom is -0.380 e. The van der Waals surface area contributed by atoms with Gasteiger partial charge >= 0.3 is 6.03 Å². The van der Waals surface area contributed by atoms with Gasteiger partial charge in [0.05, 0.1) is 12.3 Å². The molecule has 1 fully saturated rings. The van der Waals surface area contributed by atoms with E-state index < -0.39 is 0 Å². The lowest BCUT2D eigenvalue weighted by atomic mass is 10.1. The van der Waals surface area contributed by atoms with Crippen molar-refractivity contribution < 1.29 is 9.53 Å². The number of nitrogens with one attached hydrogen (secondary N) is 1. The summed E-state index contributed by atoms with van der Waals surface area (Å²) >= 11 is 0. The normalized spacial score (nSPS) is 15.5. The topological polar surface area (TPSA) is 41.6 Å². The van der Waals surface area contributed by atoms with Crippen molar-refractivity contribution in [2.45, 2.75) is 6.61 Å². The third kappa shape index (κ3) is 1.94. The van der Waals surface area contributed by atoms with Crippen LogP contribution in [0.25, 0.3) is 0 Å². The second kappa shape index (κ2) is 4.31. The summed E-state index contributed by atoms with van der Waals surface area (Å²) in [6.45, 7) is 1.96. The fourth-order valence-electron chi connectivity index (χ4n) is 1.75. The van der Waals surface area contributed by atoms with Gasteiger partial charge in [0.25, 0.3) is 0 Å². The number of para-hydroxylation sites is 1. The maximum absolute atomic E-state index is 11.5. The van der Waals surface area contributed by atoms with E-state index in [1.165, 1.54) is 0 Å². The Morgan fingerprint density at radius 1 is 1.47 bits per heavy atom. The number of carbonyl (C=O) groups excluding carboxylic acids is 1. The van der Waals surface area contributed by atoms with Crippen molar-refractivity contribution in [1.29, 1.82) is 0 Å². The minimum absolute atomic E-state index is 0.0291. The molecule has 0 radical (unpaired) electrons. The molecule has 1 aliphatic heterocycles. The molecular formula is C11H14N2O2. The zero-order valence-electron chi connectivity index (χ0n) is 8.69. The van der Waals surface area contributed by atoms with Crippen molar-refractivity contribution in [2.75, 3.05) is 25.1 Å². The predicted octanol–water partition coefficient (Wildman–Crippen LogP) is 1.36. The molecule has 0 atom stereocenters. The molecule has 0 spiro atoms. The highest BCUT2D eigenvalue weighted by atomic mass is 16.5. The van der Waals surface area contributed by atoms with E-state index in [0.29, 0.717) is 13.2 Å². The van der Waals surface area contributed by atoms with E-state index in [0.717, 1.165) is 17.8 Å². The van der Waals surface area contributed by atoms with Crippen LogP contribution < -0.4 is 10.2 Å². The van der Waals surface area contributed by atoms with Crippen molar-refractivity contribution in [2.24, 2.45) is 0 Å². The lowest BCUT2D eigenvalue weighted by Crippen LogP contribution is -2.28. The Hall–Kier alpha value is -1.55. The average Bonchev–Trinajstić information content (AvgIpc) is 2.66. The smallest absolute Gasteiger partial charge is 0.322 e. The number of carbonyl (C=O) groups is 1. The highest BCUT2D eigenvalue weighted by Crippen LogP contribution is 2.22. The summed E-state index contributed by atoms with van der Waals surface area (Å²) in [5, 5.41) is 2.78. The Morgan fingerprint density at radius 3 is 2.93 bits per heavy atom.